The normalized spacial score (nSPS) is 21.1. The van der Waals surface area contributed by atoms with Crippen molar-refractivity contribution in [3.8, 4) is 0 Å². The van der Waals surface area contributed by atoms with Crippen LogP contribution in [-0.2, 0) is 5.41 Å². The molecular formula is C19H21ClFN5. The molecule has 5 nitrogen and oxygen atoms in total. The molecule has 2 fully saturated rings. The third kappa shape index (κ3) is 2.72. The number of rotatable bonds is 3. The maximum absolute atomic E-state index is 13.8. The number of hydrogen-bond donors (Lipinski definition) is 2. The molecule has 2 N–H and O–H groups in total. The van der Waals surface area contributed by atoms with Gasteiger partial charge in [-0.1, -0.05) is 11.6 Å². The maximum atomic E-state index is 13.8. The lowest BCUT2D eigenvalue weighted by molar-refractivity contribution is 0.477. The van der Waals surface area contributed by atoms with Crippen LogP contribution in [0.25, 0.3) is 0 Å². The van der Waals surface area contributed by atoms with Gasteiger partial charge in [0.25, 0.3) is 0 Å². The molecule has 3 aliphatic rings. The number of nitrogens with one attached hydrogen (secondary N) is 2. The summed E-state index contributed by atoms with van der Waals surface area (Å²) in [6.45, 7) is 2.81. The van der Waals surface area contributed by atoms with Crippen LogP contribution in [-0.4, -0.2) is 35.6 Å². The van der Waals surface area contributed by atoms with Gasteiger partial charge in [0.15, 0.2) is 0 Å². The number of benzene rings is 1. The number of halogens is 2. The van der Waals surface area contributed by atoms with Crippen LogP contribution in [0.5, 0.6) is 0 Å². The highest BCUT2D eigenvalue weighted by molar-refractivity contribution is 6.33. The number of nitrogens with zero attached hydrogens (tertiary/aromatic N) is 3. The van der Waals surface area contributed by atoms with E-state index in [1.54, 1.807) is 6.07 Å². The van der Waals surface area contributed by atoms with Gasteiger partial charge in [-0.15, -0.1) is 0 Å². The van der Waals surface area contributed by atoms with Crippen molar-refractivity contribution in [1.29, 1.82) is 0 Å². The first-order valence-corrected chi connectivity index (χ1v) is 9.60. The van der Waals surface area contributed by atoms with Gasteiger partial charge in [-0.2, -0.15) is 4.98 Å². The smallest absolute Gasteiger partial charge is 0.224 e. The van der Waals surface area contributed by atoms with Gasteiger partial charge >= 0.3 is 0 Å². The zero-order valence-electron chi connectivity index (χ0n) is 14.4. The Hall–Kier alpha value is -1.92. The van der Waals surface area contributed by atoms with E-state index in [1.807, 2.05) is 6.20 Å². The molecule has 0 atom stereocenters. The minimum Gasteiger partial charge on any atom is -0.351 e. The molecule has 1 spiro atoms. The van der Waals surface area contributed by atoms with Crippen molar-refractivity contribution in [2.24, 2.45) is 0 Å². The molecule has 1 aromatic carbocycles. The van der Waals surface area contributed by atoms with E-state index in [2.05, 4.69) is 20.5 Å². The van der Waals surface area contributed by atoms with Crippen LogP contribution in [0.2, 0.25) is 5.02 Å². The molecule has 0 amide bonds. The van der Waals surface area contributed by atoms with Gasteiger partial charge in [-0.25, -0.2) is 9.37 Å². The van der Waals surface area contributed by atoms with Crippen molar-refractivity contribution in [2.75, 3.05) is 29.9 Å². The highest BCUT2D eigenvalue weighted by Crippen LogP contribution is 2.57. The second kappa shape index (κ2) is 6.06. The maximum Gasteiger partial charge on any atom is 0.224 e. The molecule has 136 valence electrons. The van der Waals surface area contributed by atoms with Gasteiger partial charge in [-0.3, -0.25) is 0 Å². The van der Waals surface area contributed by atoms with Gasteiger partial charge in [0, 0.05) is 29.8 Å². The lowest BCUT2D eigenvalue weighted by Gasteiger charge is -2.24. The molecule has 0 bridgehead atoms. The summed E-state index contributed by atoms with van der Waals surface area (Å²) in [4.78, 5) is 11.4. The summed E-state index contributed by atoms with van der Waals surface area (Å²) in [6, 6.07) is 4.88. The highest BCUT2D eigenvalue weighted by atomic mass is 35.5. The van der Waals surface area contributed by atoms with Crippen LogP contribution in [0, 0.1) is 5.82 Å². The van der Waals surface area contributed by atoms with E-state index in [9.17, 15) is 4.39 Å². The average molecular weight is 374 g/mol. The monoisotopic (exact) mass is 373 g/mol. The topological polar surface area (TPSA) is 53.1 Å². The van der Waals surface area contributed by atoms with Gasteiger partial charge in [0.1, 0.15) is 11.6 Å². The molecule has 26 heavy (non-hydrogen) atoms. The Labute approximate surface area is 157 Å². The molecule has 7 heteroatoms. The second-order valence-corrected chi connectivity index (χ2v) is 7.97. The molecule has 1 aromatic heterocycles. The predicted octanol–water partition coefficient (Wildman–Crippen LogP) is 3.62. The number of hydrogen-bond acceptors (Lipinski definition) is 5. The van der Waals surface area contributed by atoms with Crippen molar-refractivity contribution in [1.82, 2.24) is 15.3 Å². The summed E-state index contributed by atoms with van der Waals surface area (Å²) in [7, 11) is 0. The molecule has 3 heterocycles. The first kappa shape index (κ1) is 16.3. The first-order chi connectivity index (χ1) is 12.6. The fourth-order valence-corrected chi connectivity index (χ4v) is 4.32. The quantitative estimate of drug-likeness (QED) is 0.860. The summed E-state index contributed by atoms with van der Waals surface area (Å²) in [5.41, 5.74) is 1.95. The molecule has 1 aliphatic carbocycles. The molecular weight excluding hydrogens is 353 g/mol. The van der Waals surface area contributed by atoms with Gasteiger partial charge in [0.05, 0.1) is 10.7 Å². The fraction of sp³-hybridized carbons (Fsp3) is 0.474. The van der Waals surface area contributed by atoms with Crippen LogP contribution in [0.1, 0.15) is 31.2 Å². The minimum atomic E-state index is -0.287. The summed E-state index contributed by atoms with van der Waals surface area (Å²) in [5.74, 6) is 1.22. The van der Waals surface area contributed by atoms with Crippen molar-refractivity contribution < 1.29 is 4.39 Å². The third-order valence-electron chi connectivity index (χ3n) is 5.78. The average Bonchev–Trinajstić information content (AvgIpc) is 3.36. The van der Waals surface area contributed by atoms with E-state index >= 15 is 0 Å². The van der Waals surface area contributed by atoms with Crippen LogP contribution in [0.3, 0.4) is 0 Å². The second-order valence-electron chi connectivity index (χ2n) is 7.56. The molecule has 0 unspecified atom stereocenters. The summed E-state index contributed by atoms with van der Waals surface area (Å²) < 4.78 is 13.8. The Bertz CT molecular complexity index is 848. The van der Waals surface area contributed by atoms with Gasteiger partial charge < -0.3 is 15.5 Å². The Balaban J connectivity index is 1.51. The van der Waals surface area contributed by atoms with E-state index in [4.69, 9.17) is 16.6 Å². The van der Waals surface area contributed by atoms with Crippen LogP contribution < -0.4 is 15.5 Å². The number of aromatic nitrogens is 2. The van der Waals surface area contributed by atoms with Crippen molar-refractivity contribution in [3.63, 3.8) is 0 Å². The van der Waals surface area contributed by atoms with Gasteiger partial charge in [-0.05, 0) is 57.0 Å². The number of piperidine rings is 1. The third-order valence-corrected chi connectivity index (χ3v) is 6.10. The molecule has 1 saturated carbocycles. The van der Waals surface area contributed by atoms with Gasteiger partial charge in [0.2, 0.25) is 5.95 Å². The number of anilines is 3. The van der Waals surface area contributed by atoms with E-state index in [0.29, 0.717) is 22.7 Å². The Morgan fingerprint density at radius 1 is 1.27 bits per heavy atom. The molecule has 1 saturated heterocycles. The predicted molar refractivity (Wildman–Crippen MR) is 101 cm³/mol. The minimum absolute atomic E-state index is 0.109. The summed E-state index contributed by atoms with van der Waals surface area (Å²) in [5, 5.41) is 7.37. The molecule has 5 rings (SSSR count). The summed E-state index contributed by atoms with van der Waals surface area (Å²) in [6.07, 6.45) is 6.31. The van der Waals surface area contributed by atoms with Crippen molar-refractivity contribution in [2.45, 2.75) is 37.1 Å². The highest BCUT2D eigenvalue weighted by Gasteiger charge is 2.53. The van der Waals surface area contributed by atoms with Crippen LogP contribution in [0.15, 0.2) is 24.4 Å². The van der Waals surface area contributed by atoms with Crippen LogP contribution in [0.4, 0.5) is 21.8 Å². The molecule has 2 aromatic rings. The Morgan fingerprint density at radius 3 is 2.85 bits per heavy atom. The van der Waals surface area contributed by atoms with Crippen molar-refractivity contribution in [3.05, 3.63) is 40.8 Å². The lowest BCUT2D eigenvalue weighted by Crippen LogP contribution is -2.35. The largest absolute Gasteiger partial charge is 0.351 e. The lowest BCUT2D eigenvalue weighted by atomic mass is 10.0. The fourth-order valence-electron chi connectivity index (χ4n) is 4.10. The zero-order chi connectivity index (χ0) is 17.7. The zero-order valence-corrected chi connectivity index (χ0v) is 15.2. The Kier molecular flexibility index (Phi) is 3.79. The van der Waals surface area contributed by atoms with Crippen LogP contribution >= 0.6 is 11.6 Å². The first-order valence-electron chi connectivity index (χ1n) is 9.22. The molecule has 0 radical (unpaired) electrons. The van der Waals surface area contributed by atoms with Crippen molar-refractivity contribution >= 4 is 29.1 Å². The van der Waals surface area contributed by atoms with E-state index < -0.39 is 0 Å². The Morgan fingerprint density at radius 2 is 2.08 bits per heavy atom. The number of fused-ring (bicyclic) bond motifs is 2. The SMILES string of the molecule is Fc1ccc(Cl)c(N2CC3(CC3)c3cnc(NC4CCNCC4)nc32)c1. The molecule has 2 aliphatic heterocycles. The standard InChI is InChI=1S/C19H21ClFN5/c20-15-2-1-12(21)9-16(15)26-11-19(5-6-19)14-10-23-18(25-17(14)26)24-13-3-7-22-8-4-13/h1-2,9-10,13,22H,3-8,11H2,(H,23,24,25). The van der Waals surface area contributed by atoms with E-state index in [-0.39, 0.29) is 11.2 Å². The van der Waals surface area contributed by atoms with E-state index in [1.165, 1.54) is 12.1 Å². The summed E-state index contributed by atoms with van der Waals surface area (Å²) >= 11 is 6.38. The van der Waals surface area contributed by atoms with E-state index in [0.717, 1.165) is 56.7 Å².